The molecule has 100 valence electrons. The van der Waals surface area contributed by atoms with E-state index in [1.807, 2.05) is 19.9 Å². The molecule has 0 spiro atoms. The van der Waals surface area contributed by atoms with Gasteiger partial charge in [-0.15, -0.1) is 0 Å². The van der Waals surface area contributed by atoms with Crippen molar-refractivity contribution in [3.8, 4) is 0 Å². The van der Waals surface area contributed by atoms with Crippen molar-refractivity contribution in [2.75, 3.05) is 18.4 Å². The first-order valence-electron chi connectivity index (χ1n) is 6.77. The molecule has 1 fully saturated rings. The fourth-order valence-electron chi connectivity index (χ4n) is 2.62. The third-order valence-electron chi connectivity index (χ3n) is 3.78. The maximum Gasteiger partial charge on any atom is 0.223 e. The van der Waals surface area contributed by atoms with Gasteiger partial charge in [0.15, 0.2) is 0 Å². The normalized spacial score (nSPS) is 22.8. The van der Waals surface area contributed by atoms with Gasteiger partial charge < -0.3 is 10.6 Å². The maximum absolute atomic E-state index is 4.42. The van der Waals surface area contributed by atoms with Crippen molar-refractivity contribution in [2.24, 2.45) is 5.41 Å². The second kappa shape index (κ2) is 5.22. The molecular formula is C14H24N4. The van der Waals surface area contributed by atoms with Crippen molar-refractivity contribution in [3.05, 3.63) is 17.5 Å². The number of anilines is 1. The van der Waals surface area contributed by atoms with Crippen molar-refractivity contribution < 1.29 is 0 Å². The van der Waals surface area contributed by atoms with Crippen LogP contribution in [0.5, 0.6) is 0 Å². The van der Waals surface area contributed by atoms with Gasteiger partial charge in [0.05, 0.1) is 0 Å². The zero-order valence-corrected chi connectivity index (χ0v) is 11.9. The van der Waals surface area contributed by atoms with E-state index in [4.69, 9.17) is 0 Å². The van der Waals surface area contributed by atoms with E-state index < -0.39 is 0 Å². The fraction of sp³-hybridized carbons (Fsp3) is 0.714. The van der Waals surface area contributed by atoms with Crippen LogP contribution in [-0.2, 0) is 0 Å². The maximum atomic E-state index is 4.42. The molecule has 1 aliphatic heterocycles. The summed E-state index contributed by atoms with van der Waals surface area (Å²) in [6.07, 6.45) is 2.55. The largest absolute Gasteiger partial charge is 0.353 e. The highest BCUT2D eigenvalue weighted by Gasteiger charge is 2.31. The zero-order chi connectivity index (χ0) is 13.2. The number of aromatic nitrogens is 2. The molecule has 1 saturated heterocycles. The smallest absolute Gasteiger partial charge is 0.223 e. The van der Waals surface area contributed by atoms with Gasteiger partial charge in [-0.05, 0) is 44.7 Å². The molecule has 1 aromatic heterocycles. The van der Waals surface area contributed by atoms with Crippen LogP contribution in [0.25, 0.3) is 0 Å². The van der Waals surface area contributed by atoms with Crippen molar-refractivity contribution in [1.82, 2.24) is 15.3 Å². The second-order valence-corrected chi connectivity index (χ2v) is 5.95. The molecular weight excluding hydrogens is 224 g/mol. The minimum Gasteiger partial charge on any atom is -0.353 e. The number of aryl methyl sites for hydroxylation is 2. The van der Waals surface area contributed by atoms with E-state index in [0.29, 0.717) is 11.5 Å². The number of hydrogen-bond acceptors (Lipinski definition) is 4. The number of hydrogen-bond donors (Lipinski definition) is 2. The summed E-state index contributed by atoms with van der Waals surface area (Å²) in [7, 11) is 0. The Balaban J connectivity index is 1.98. The predicted molar refractivity (Wildman–Crippen MR) is 74.8 cm³/mol. The van der Waals surface area contributed by atoms with Gasteiger partial charge in [0.25, 0.3) is 0 Å². The quantitative estimate of drug-likeness (QED) is 0.861. The first-order valence-corrected chi connectivity index (χ1v) is 6.77. The Bertz CT molecular complexity index is 394. The summed E-state index contributed by atoms with van der Waals surface area (Å²) >= 11 is 0. The SMILES string of the molecule is Cc1cc(C)nc(NCC2NCCCC2(C)C)n1. The van der Waals surface area contributed by atoms with Crippen LogP contribution in [0.3, 0.4) is 0 Å². The van der Waals surface area contributed by atoms with E-state index >= 15 is 0 Å². The number of nitrogens with zero attached hydrogens (tertiary/aromatic N) is 2. The van der Waals surface area contributed by atoms with Crippen molar-refractivity contribution in [1.29, 1.82) is 0 Å². The molecule has 1 atom stereocenters. The Morgan fingerprint density at radius 1 is 1.33 bits per heavy atom. The van der Waals surface area contributed by atoms with Gasteiger partial charge in [-0.3, -0.25) is 0 Å². The van der Waals surface area contributed by atoms with Gasteiger partial charge >= 0.3 is 0 Å². The molecule has 4 heteroatoms. The summed E-state index contributed by atoms with van der Waals surface area (Å²) in [6.45, 7) is 10.7. The summed E-state index contributed by atoms with van der Waals surface area (Å²) in [5.41, 5.74) is 2.37. The summed E-state index contributed by atoms with van der Waals surface area (Å²) in [4.78, 5) is 8.83. The topological polar surface area (TPSA) is 49.8 Å². The van der Waals surface area contributed by atoms with Gasteiger partial charge in [-0.2, -0.15) is 0 Å². The van der Waals surface area contributed by atoms with Crippen molar-refractivity contribution in [3.63, 3.8) is 0 Å². The summed E-state index contributed by atoms with van der Waals surface area (Å²) in [6, 6.07) is 2.48. The van der Waals surface area contributed by atoms with Crippen molar-refractivity contribution in [2.45, 2.75) is 46.6 Å². The highest BCUT2D eigenvalue weighted by molar-refractivity contribution is 5.28. The highest BCUT2D eigenvalue weighted by atomic mass is 15.1. The lowest BCUT2D eigenvalue weighted by molar-refractivity contribution is 0.188. The summed E-state index contributed by atoms with van der Waals surface area (Å²) in [5.74, 6) is 0.746. The molecule has 0 aromatic carbocycles. The van der Waals surface area contributed by atoms with E-state index in [2.05, 4.69) is 34.4 Å². The average Bonchev–Trinajstić information content (AvgIpc) is 2.25. The van der Waals surface area contributed by atoms with Crippen LogP contribution in [-0.4, -0.2) is 29.1 Å². The van der Waals surface area contributed by atoms with Gasteiger partial charge in [-0.25, -0.2) is 9.97 Å². The molecule has 0 aliphatic carbocycles. The van der Waals surface area contributed by atoms with Gasteiger partial charge in [0.2, 0.25) is 5.95 Å². The molecule has 0 amide bonds. The van der Waals surface area contributed by atoms with Crippen LogP contribution < -0.4 is 10.6 Å². The molecule has 0 bridgehead atoms. The van der Waals surface area contributed by atoms with Crippen LogP contribution in [0, 0.1) is 19.3 Å². The Kier molecular flexibility index (Phi) is 3.85. The monoisotopic (exact) mass is 248 g/mol. The molecule has 0 saturated carbocycles. The van der Waals surface area contributed by atoms with Crippen molar-refractivity contribution >= 4 is 5.95 Å². The number of piperidine rings is 1. The lowest BCUT2D eigenvalue weighted by atomic mass is 9.77. The standard InChI is InChI=1S/C14H24N4/c1-10-8-11(2)18-13(17-10)16-9-12-14(3,4)6-5-7-15-12/h8,12,15H,5-7,9H2,1-4H3,(H,16,17,18). The van der Waals surface area contributed by atoms with Gasteiger partial charge in [0.1, 0.15) is 0 Å². The van der Waals surface area contributed by atoms with Crippen LogP contribution in [0.15, 0.2) is 6.07 Å². The van der Waals surface area contributed by atoms with Crippen LogP contribution in [0.4, 0.5) is 5.95 Å². The Hall–Kier alpha value is -1.16. The minimum atomic E-state index is 0.337. The van der Waals surface area contributed by atoms with Gasteiger partial charge in [-0.1, -0.05) is 13.8 Å². The third kappa shape index (κ3) is 3.19. The molecule has 4 nitrogen and oxygen atoms in total. The Morgan fingerprint density at radius 2 is 2.00 bits per heavy atom. The van der Waals surface area contributed by atoms with Crippen LogP contribution in [0.2, 0.25) is 0 Å². The Labute approximate surface area is 110 Å². The molecule has 0 radical (unpaired) electrons. The molecule has 18 heavy (non-hydrogen) atoms. The Morgan fingerprint density at radius 3 is 2.61 bits per heavy atom. The van der Waals surface area contributed by atoms with Crippen LogP contribution in [0.1, 0.15) is 38.1 Å². The van der Waals surface area contributed by atoms with Crippen LogP contribution >= 0.6 is 0 Å². The average molecular weight is 248 g/mol. The first-order chi connectivity index (χ1) is 8.47. The minimum absolute atomic E-state index is 0.337. The molecule has 2 N–H and O–H groups in total. The van der Waals surface area contributed by atoms with E-state index in [0.717, 1.165) is 30.4 Å². The predicted octanol–water partition coefficient (Wildman–Crippen LogP) is 2.28. The number of rotatable bonds is 3. The first kappa shape index (κ1) is 13.3. The van der Waals surface area contributed by atoms with E-state index in [9.17, 15) is 0 Å². The summed E-state index contributed by atoms with van der Waals surface area (Å²) in [5, 5.41) is 6.96. The summed E-state index contributed by atoms with van der Waals surface area (Å²) < 4.78 is 0. The lowest BCUT2D eigenvalue weighted by Gasteiger charge is -2.39. The van der Waals surface area contributed by atoms with E-state index in [1.54, 1.807) is 0 Å². The van der Waals surface area contributed by atoms with Gasteiger partial charge in [0, 0.05) is 24.0 Å². The fourth-order valence-corrected chi connectivity index (χ4v) is 2.62. The highest BCUT2D eigenvalue weighted by Crippen LogP contribution is 2.29. The molecule has 2 heterocycles. The number of nitrogens with one attached hydrogen (secondary N) is 2. The molecule has 1 aliphatic rings. The molecule has 1 aromatic rings. The molecule has 2 rings (SSSR count). The third-order valence-corrected chi connectivity index (χ3v) is 3.78. The zero-order valence-electron chi connectivity index (χ0n) is 11.9. The second-order valence-electron chi connectivity index (χ2n) is 5.95. The van der Waals surface area contributed by atoms with E-state index in [1.165, 1.54) is 12.8 Å². The molecule has 1 unspecified atom stereocenters. The lowest BCUT2D eigenvalue weighted by Crippen LogP contribution is -2.50. The van der Waals surface area contributed by atoms with E-state index in [-0.39, 0.29) is 0 Å².